The number of para-hydroxylation sites is 1. The Morgan fingerprint density at radius 2 is 2.15 bits per heavy atom. The highest BCUT2D eigenvalue weighted by atomic mass is 127. The summed E-state index contributed by atoms with van der Waals surface area (Å²) in [7, 11) is 1.92. The van der Waals surface area contributed by atoms with Gasteiger partial charge in [-0.05, 0) is 25.0 Å². The van der Waals surface area contributed by atoms with Crippen LogP contribution in [0.25, 0.3) is 0 Å². The van der Waals surface area contributed by atoms with Gasteiger partial charge in [-0.2, -0.15) is 5.10 Å². The van der Waals surface area contributed by atoms with Crippen molar-refractivity contribution in [3.05, 3.63) is 60.4 Å². The van der Waals surface area contributed by atoms with Gasteiger partial charge in [-0.1, -0.05) is 30.9 Å². The van der Waals surface area contributed by atoms with Crippen molar-refractivity contribution in [2.75, 3.05) is 19.7 Å². The van der Waals surface area contributed by atoms with Gasteiger partial charge in [-0.3, -0.25) is 4.68 Å². The minimum atomic E-state index is 0. The van der Waals surface area contributed by atoms with Crippen LogP contribution in [-0.2, 0) is 20.0 Å². The normalized spacial score (nSPS) is 10.8. The van der Waals surface area contributed by atoms with Crippen LogP contribution in [-0.4, -0.2) is 35.4 Å². The van der Waals surface area contributed by atoms with Crippen LogP contribution in [0.5, 0.6) is 5.75 Å². The van der Waals surface area contributed by atoms with Crippen LogP contribution in [0.3, 0.4) is 0 Å². The molecule has 2 rings (SSSR count). The van der Waals surface area contributed by atoms with Crippen molar-refractivity contribution in [2.24, 2.45) is 12.0 Å². The molecule has 0 aliphatic heterocycles. The monoisotopic (exact) mass is 469 g/mol. The van der Waals surface area contributed by atoms with E-state index in [-0.39, 0.29) is 24.0 Å². The molecule has 0 amide bonds. The lowest BCUT2D eigenvalue weighted by Gasteiger charge is -2.12. The molecule has 0 fully saturated rings. The second-order valence-corrected chi connectivity index (χ2v) is 5.60. The molecule has 2 N–H and O–H groups in total. The summed E-state index contributed by atoms with van der Waals surface area (Å²) >= 11 is 0. The van der Waals surface area contributed by atoms with Gasteiger partial charge in [0, 0.05) is 31.9 Å². The van der Waals surface area contributed by atoms with Crippen molar-refractivity contribution < 1.29 is 4.74 Å². The van der Waals surface area contributed by atoms with Gasteiger partial charge in [0.1, 0.15) is 12.4 Å². The molecule has 0 atom stereocenters. The quantitative estimate of drug-likeness (QED) is 0.257. The Bertz CT molecular complexity index is 699. The standard InChI is InChI=1S/C19H27N5O.HI/c1-4-12-25-18-9-7-6-8-17(18)14-22-19(20-5-2)21-11-10-16-13-23-24(3)15-16;/h4,6-9,13,15H,1,5,10-12,14H2,2-3H3,(H2,20,21,22);1H. The first-order chi connectivity index (χ1) is 12.2. The summed E-state index contributed by atoms with van der Waals surface area (Å²) in [5.41, 5.74) is 2.25. The summed E-state index contributed by atoms with van der Waals surface area (Å²) in [5.74, 6) is 1.64. The Morgan fingerprint density at radius 1 is 1.35 bits per heavy atom. The molecule has 7 heteroatoms. The second kappa shape index (κ2) is 12.3. The minimum Gasteiger partial charge on any atom is -0.489 e. The average Bonchev–Trinajstić information content (AvgIpc) is 3.03. The van der Waals surface area contributed by atoms with Gasteiger partial charge in [0.2, 0.25) is 0 Å². The molecule has 142 valence electrons. The molecule has 0 radical (unpaired) electrons. The average molecular weight is 469 g/mol. The zero-order valence-corrected chi connectivity index (χ0v) is 17.8. The number of aromatic nitrogens is 2. The number of guanidine groups is 1. The van der Waals surface area contributed by atoms with E-state index in [0.29, 0.717) is 13.2 Å². The number of hydrogen-bond donors (Lipinski definition) is 2. The number of aliphatic imine (C=N–C) groups is 1. The molecule has 0 spiro atoms. The third-order valence-electron chi connectivity index (χ3n) is 3.55. The number of ether oxygens (including phenoxy) is 1. The Hall–Kier alpha value is -2.03. The topological polar surface area (TPSA) is 63.5 Å². The van der Waals surface area contributed by atoms with E-state index in [0.717, 1.165) is 36.8 Å². The van der Waals surface area contributed by atoms with Crippen molar-refractivity contribution in [3.63, 3.8) is 0 Å². The molecule has 6 nitrogen and oxygen atoms in total. The Morgan fingerprint density at radius 3 is 2.85 bits per heavy atom. The molecule has 0 saturated carbocycles. The van der Waals surface area contributed by atoms with E-state index < -0.39 is 0 Å². The van der Waals surface area contributed by atoms with E-state index in [9.17, 15) is 0 Å². The summed E-state index contributed by atoms with van der Waals surface area (Å²) in [4.78, 5) is 4.66. The van der Waals surface area contributed by atoms with Crippen LogP contribution in [0.4, 0.5) is 0 Å². The number of nitrogens with zero attached hydrogens (tertiary/aromatic N) is 3. The second-order valence-electron chi connectivity index (χ2n) is 5.60. The fraction of sp³-hybridized carbons (Fsp3) is 0.368. The summed E-state index contributed by atoms with van der Waals surface area (Å²) in [6.07, 6.45) is 6.55. The van der Waals surface area contributed by atoms with Gasteiger partial charge in [0.25, 0.3) is 0 Å². The van der Waals surface area contributed by atoms with Crippen molar-refractivity contribution in [1.82, 2.24) is 20.4 Å². The maximum atomic E-state index is 5.68. The van der Waals surface area contributed by atoms with Gasteiger partial charge < -0.3 is 15.4 Å². The maximum absolute atomic E-state index is 5.68. The fourth-order valence-electron chi connectivity index (χ4n) is 2.36. The fourth-order valence-corrected chi connectivity index (χ4v) is 2.36. The van der Waals surface area contributed by atoms with Crippen LogP contribution in [0, 0.1) is 0 Å². The van der Waals surface area contributed by atoms with Crippen molar-refractivity contribution in [1.29, 1.82) is 0 Å². The van der Waals surface area contributed by atoms with Gasteiger partial charge >= 0.3 is 0 Å². The first-order valence-electron chi connectivity index (χ1n) is 8.54. The summed E-state index contributed by atoms with van der Waals surface area (Å²) in [6.45, 7) is 8.39. The molecule has 0 saturated heterocycles. The summed E-state index contributed by atoms with van der Waals surface area (Å²) < 4.78 is 7.50. The van der Waals surface area contributed by atoms with Crippen LogP contribution >= 0.6 is 24.0 Å². The first kappa shape index (κ1) is 22.0. The number of nitrogens with one attached hydrogen (secondary N) is 2. The van der Waals surface area contributed by atoms with E-state index in [1.807, 2.05) is 48.4 Å². The highest BCUT2D eigenvalue weighted by molar-refractivity contribution is 14.0. The molecule has 26 heavy (non-hydrogen) atoms. The van der Waals surface area contributed by atoms with E-state index in [1.165, 1.54) is 5.56 Å². The van der Waals surface area contributed by atoms with Gasteiger partial charge in [0.05, 0.1) is 12.7 Å². The lowest BCUT2D eigenvalue weighted by atomic mass is 10.2. The molecule has 0 bridgehead atoms. The Balaban J connectivity index is 0.00000338. The maximum Gasteiger partial charge on any atom is 0.191 e. The zero-order valence-electron chi connectivity index (χ0n) is 15.4. The lowest BCUT2D eigenvalue weighted by molar-refractivity contribution is 0.359. The summed E-state index contributed by atoms with van der Waals surface area (Å²) in [6, 6.07) is 7.94. The van der Waals surface area contributed by atoms with E-state index in [4.69, 9.17) is 4.74 Å². The molecule has 0 aliphatic carbocycles. The van der Waals surface area contributed by atoms with Gasteiger partial charge in [0.15, 0.2) is 5.96 Å². The molecule has 1 aromatic heterocycles. The van der Waals surface area contributed by atoms with Crippen molar-refractivity contribution >= 4 is 29.9 Å². The molecular weight excluding hydrogens is 441 g/mol. The zero-order chi connectivity index (χ0) is 17.9. The predicted octanol–water partition coefficient (Wildman–Crippen LogP) is 2.90. The number of rotatable bonds is 9. The van der Waals surface area contributed by atoms with E-state index >= 15 is 0 Å². The molecule has 2 aromatic rings. The van der Waals surface area contributed by atoms with Gasteiger partial charge in [-0.15, -0.1) is 24.0 Å². The molecule has 0 unspecified atom stereocenters. The largest absolute Gasteiger partial charge is 0.489 e. The Kier molecular flexibility index (Phi) is 10.5. The number of halogens is 1. The lowest BCUT2D eigenvalue weighted by Crippen LogP contribution is -2.38. The first-order valence-corrected chi connectivity index (χ1v) is 8.54. The molecule has 1 heterocycles. The van der Waals surface area contributed by atoms with Crippen LogP contribution in [0.2, 0.25) is 0 Å². The third kappa shape index (κ3) is 7.47. The number of hydrogen-bond acceptors (Lipinski definition) is 3. The highest BCUT2D eigenvalue weighted by Crippen LogP contribution is 2.18. The smallest absolute Gasteiger partial charge is 0.191 e. The number of aryl methyl sites for hydroxylation is 1. The molecular formula is C19H28IN5O. The summed E-state index contributed by atoms with van der Waals surface area (Å²) in [5, 5.41) is 10.8. The molecule has 1 aromatic carbocycles. The van der Waals surface area contributed by atoms with Crippen molar-refractivity contribution in [2.45, 2.75) is 19.9 Å². The molecule has 0 aliphatic rings. The number of benzene rings is 1. The van der Waals surface area contributed by atoms with Crippen LogP contribution in [0.1, 0.15) is 18.1 Å². The van der Waals surface area contributed by atoms with Crippen LogP contribution in [0.15, 0.2) is 54.3 Å². The minimum absolute atomic E-state index is 0. The van der Waals surface area contributed by atoms with Gasteiger partial charge in [-0.25, -0.2) is 4.99 Å². The van der Waals surface area contributed by atoms with E-state index in [2.05, 4.69) is 34.2 Å². The SMILES string of the molecule is C=CCOc1ccccc1CN=C(NCC)NCCc1cnn(C)c1.I. The third-order valence-corrected chi connectivity index (χ3v) is 3.55. The van der Waals surface area contributed by atoms with Crippen molar-refractivity contribution in [3.8, 4) is 5.75 Å². The highest BCUT2D eigenvalue weighted by Gasteiger charge is 2.03. The van der Waals surface area contributed by atoms with Crippen LogP contribution < -0.4 is 15.4 Å². The Labute approximate surface area is 172 Å². The predicted molar refractivity (Wildman–Crippen MR) is 117 cm³/mol. The van der Waals surface area contributed by atoms with E-state index in [1.54, 1.807) is 6.08 Å².